The molecule has 37 heavy (non-hydrogen) atoms. The minimum absolute atomic E-state index is 0.0175. The molecule has 0 radical (unpaired) electrons. The lowest BCUT2D eigenvalue weighted by Gasteiger charge is -2.38. The van der Waals surface area contributed by atoms with Crippen molar-refractivity contribution in [1.29, 1.82) is 0 Å². The van der Waals surface area contributed by atoms with E-state index in [4.69, 9.17) is 16.0 Å². The van der Waals surface area contributed by atoms with Crippen LogP contribution < -0.4 is 4.31 Å². The molecule has 0 aliphatic carbocycles. The molecule has 1 saturated heterocycles. The normalized spacial score (nSPS) is 15.8. The molecule has 1 aliphatic heterocycles. The zero-order chi connectivity index (χ0) is 26.4. The van der Waals surface area contributed by atoms with Crippen molar-refractivity contribution in [1.82, 2.24) is 9.29 Å². The summed E-state index contributed by atoms with van der Waals surface area (Å²) in [7, 11) is -7.82. The molecule has 5 rings (SSSR count). The van der Waals surface area contributed by atoms with Gasteiger partial charge in [0, 0.05) is 32.1 Å². The maximum Gasteiger partial charge on any atom is 0.266 e. The van der Waals surface area contributed by atoms with Gasteiger partial charge in [-0.05, 0) is 61.7 Å². The van der Waals surface area contributed by atoms with Gasteiger partial charge in [-0.25, -0.2) is 21.8 Å². The number of anilines is 1. The largest absolute Gasteiger partial charge is 0.441 e. The molecule has 0 saturated carbocycles. The van der Waals surface area contributed by atoms with Crippen molar-refractivity contribution in [3.05, 3.63) is 83.2 Å². The molecule has 1 aliphatic rings. The molecule has 194 valence electrons. The smallest absolute Gasteiger partial charge is 0.266 e. The second-order valence-corrected chi connectivity index (χ2v) is 13.2. The Morgan fingerprint density at radius 1 is 0.946 bits per heavy atom. The van der Waals surface area contributed by atoms with Crippen molar-refractivity contribution < 1.29 is 21.3 Å². The summed E-state index contributed by atoms with van der Waals surface area (Å²) in [6.07, 6.45) is 0.640. The van der Waals surface area contributed by atoms with E-state index >= 15 is 0 Å². The standard InChI is InChI=1S/C26H26ClN3O5S2/c1-18-6-5-7-21(16-18)30(37(33,34)26-9-4-3-8-23(26)27)20-12-14-29(15-13-20)36(31,32)22-10-11-24-25(17-22)35-19(2)28-24/h3-11,16-17,20H,12-15H2,1-2H3. The molecular weight excluding hydrogens is 534 g/mol. The van der Waals surface area contributed by atoms with Crippen LogP contribution in [0, 0.1) is 13.8 Å². The quantitative estimate of drug-likeness (QED) is 0.324. The molecule has 3 aromatic carbocycles. The highest BCUT2D eigenvalue weighted by molar-refractivity contribution is 7.93. The van der Waals surface area contributed by atoms with Gasteiger partial charge in [0.1, 0.15) is 10.4 Å². The first-order valence-electron chi connectivity index (χ1n) is 11.8. The first-order chi connectivity index (χ1) is 17.6. The van der Waals surface area contributed by atoms with E-state index in [-0.39, 0.29) is 27.9 Å². The highest BCUT2D eigenvalue weighted by Gasteiger charge is 2.38. The molecule has 8 nitrogen and oxygen atoms in total. The second kappa shape index (κ2) is 9.75. The third-order valence-corrected chi connectivity index (χ3v) is 10.8. The maximum absolute atomic E-state index is 13.9. The third-order valence-electron chi connectivity index (χ3n) is 6.49. The fourth-order valence-corrected chi connectivity index (χ4v) is 8.40. The monoisotopic (exact) mass is 559 g/mol. The van der Waals surface area contributed by atoms with E-state index in [0.717, 1.165) is 5.56 Å². The van der Waals surface area contributed by atoms with E-state index in [0.29, 0.717) is 35.5 Å². The van der Waals surface area contributed by atoms with Gasteiger partial charge < -0.3 is 4.42 Å². The molecule has 0 atom stereocenters. The lowest BCUT2D eigenvalue weighted by molar-refractivity contribution is 0.320. The van der Waals surface area contributed by atoms with Crippen molar-refractivity contribution in [3.63, 3.8) is 0 Å². The number of aryl methyl sites for hydroxylation is 2. The third kappa shape index (κ3) is 4.86. The zero-order valence-electron chi connectivity index (χ0n) is 20.3. The number of nitrogens with zero attached hydrogens (tertiary/aromatic N) is 3. The summed E-state index contributed by atoms with van der Waals surface area (Å²) in [6, 6.07) is 17.8. The summed E-state index contributed by atoms with van der Waals surface area (Å²) in [5.41, 5.74) is 2.43. The number of hydrogen-bond acceptors (Lipinski definition) is 6. The highest BCUT2D eigenvalue weighted by Crippen LogP contribution is 2.34. The maximum atomic E-state index is 13.9. The molecule has 0 bridgehead atoms. The Hall–Kier alpha value is -2.92. The van der Waals surface area contributed by atoms with E-state index in [2.05, 4.69) is 4.98 Å². The topological polar surface area (TPSA) is 101 Å². The molecule has 0 unspecified atom stereocenters. The average Bonchev–Trinajstić information content (AvgIpc) is 3.24. The summed E-state index contributed by atoms with van der Waals surface area (Å²) in [5, 5.41) is 0.137. The van der Waals surface area contributed by atoms with Gasteiger partial charge >= 0.3 is 0 Å². The van der Waals surface area contributed by atoms with Crippen LogP contribution in [0.4, 0.5) is 5.69 Å². The minimum Gasteiger partial charge on any atom is -0.441 e. The number of sulfonamides is 2. The van der Waals surface area contributed by atoms with E-state index in [9.17, 15) is 16.8 Å². The molecule has 1 fully saturated rings. The highest BCUT2D eigenvalue weighted by atomic mass is 35.5. The van der Waals surface area contributed by atoms with Gasteiger partial charge in [-0.2, -0.15) is 4.31 Å². The number of hydrogen-bond donors (Lipinski definition) is 0. The SMILES string of the molecule is Cc1cccc(N(C2CCN(S(=O)(=O)c3ccc4nc(C)oc4c3)CC2)S(=O)(=O)c2ccccc2Cl)c1. The zero-order valence-corrected chi connectivity index (χ0v) is 22.7. The van der Waals surface area contributed by atoms with Gasteiger partial charge in [0.25, 0.3) is 10.0 Å². The summed E-state index contributed by atoms with van der Waals surface area (Å²) in [6.45, 7) is 3.93. The van der Waals surface area contributed by atoms with Crippen LogP contribution in [0.5, 0.6) is 0 Å². The Labute approximate surface area is 221 Å². The van der Waals surface area contributed by atoms with Gasteiger partial charge in [-0.1, -0.05) is 35.9 Å². The second-order valence-electron chi connectivity index (χ2n) is 9.07. The Morgan fingerprint density at radius 2 is 1.68 bits per heavy atom. The molecule has 0 amide bonds. The fourth-order valence-electron chi connectivity index (χ4n) is 4.72. The summed E-state index contributed by atoms with van der Waals surface area (Å²) in [4.78, 5) is 4.36. The molecule has 0 spiro atoms. The first-order valence-corrected chi connectivity index (χ1v) is 15.1. The van der Waals surface area contributed by atoms with Crippen LogP contribution in [-0.2, 0) is 20.0 Å². The van der Waals surface area contributed by atoms with Gasteiger partial charge in [-0.3, -0.25) is 4.31 Å². The number of piperidine rings is 1. The number of oxazole rings is 1. The van der Waals surface area contributed by atoms with Gasteiger partial charge in [0.05, 0.1) is 15.6 Å². The van der Waals surface area contributed by atoms with Crippen LogP contribution in [0.3, 0.4) is 0 Å². The predicted molar refractivity (Wildman–Crippen MR) is 143 cm³/mol. The molecule has 4 aromatic rings. The molecular formula is C26H26ClN3O5S2. The first kappa shape index (κ1) is 25.7. The Balaban J connectivity index is 1.45. The van der Waals surface area contributed by atoms with Crippen molar-refractivity contribution in [3.8, 4) is 0 Å². The van der Waals surface area contributed by atoms with Crippen LogP contribution in [0.1, 0.15) is 24.3 Å². The van der Waals surface area contributed by atoms with E-state index in [1.54, 1.807) is 43.3 Å². The summed E-state index contributed by atoms with van der Waals surface area (Å²) < 4.78 is 62.9. The molecule has 1 aromatic heterocycles. The Bertz CT molecular complexity index is 1680. The number of halogens is 1. The van der Waals surface area contributed by atoms with Gasteiger partial charge in [-0.15, -0.1) is 0 Å². The Kier molecular flexibility index (Phi) is 6.78. The number of benzene rings is 3. The summed E-state index contributed by atoms with van der Waals surface area (Å²) >= 11 is 6.30. The van der Waals surface area contributed by atoms with Gasteiger partial charge in [0.15, 0.2) is 11.5 Å². The van der Waals surface area contributed by atoms with Gasteiger partial charge in [0.2, 0.25) is 10.0 Å². The molecule has 2 heterocycles. The summed E-state index contributed by atoms with van der Waals surface area (Å²) in [5.74, 6) is 0.460. The van der Waals surface area contributed by atoms with E-state index in [1.165, 1.54) is 26.8 Å². The minimum atomic E-state index is -4.01. The van der Waals surface area contributed by atoms with Crippen LogP contribution >= 0.6 is 11.6 Å². The van der Waals surface area contributed by atoms with Crippen LogP contribution in [-0.4, -0.2) is 45.3 Å². The van der Waals surface area contributed by atoms with Crippen molar-refractivity contribution in [2.75, 3.05) is 17.4 Å². The van der Waals surface area contributed by atoms with Crippen molar-refractivity contribution in [2.45, 2.75) is 42.5 Å². The fraction of sp³-hybridized carbons (Fsp3) is 0.269. The Morgan fingerprint density at radius 3 is 2.38 bits per heavy atom. The van der Waals surface area contributed by atoms with Crippen molar-refractivity contribution in [2.24, 2.45) is 0 Å². The number of rotatable bonds is 6. The van der Waals surface area contributed by atoms with E-state index < -0.39 is 26.1 Å². The molecule has 0 N–H and O–H groups in total. The van der Waals surface area contributed by atoms with E-state index in [1.807, 2.05) is 19.1 Å². The average molecular weight is 560 g/mol. The van der Waals surface area contributed by atoms with Crippen LogP contribution in [0.15, 0.2) is 80.9 Å². The number of fused-ring (bicyclic) bond motifs is 1. The van der Waals surface area contributed by atoms with Crippen LogP contribution in [0.25, 0.3) is 11.1 Å². The number of aromatic nitrogens is 1. The predicted octanol–water partition coefficient (Wildman–Crippen LogP) is 5.15. The van der Waals surface area contributed by atoms with Crippen LogP contribution in [0.2, 0.25) is 5.02 Å². The lowest BCUT2D eigenvalue weighted by atomic mass is 10.1. The lowest BCUT2D eigenvalue weighted by Crippen LogP contribution is -2.49. The van der Waals surface area contributed by atoms with Crippen molar-refractivity contribution >= 4 is 48.4 Å². The molecule has 11 heteroatoms.